The summed E-state index contributed by atoms with van der Waals surface area (Å²) >= 11 is 0. The number of nitrogens with one attached hydrogen (secondary N) is 1. The summed E-state index contributed by atoms with van der Waals surface area (Å²) in [6.45, 7) is 2.27. The minimum atomic E-state index is -0.993. The van der Waals surface area contributed by atoms with Crippen LogP contribution in [0.15, 0.2) is 24.4 Å². The third-order valence-corrected chi connectivity index (χ3v) is 2.37. The summed E-state index contributed by atoms with van der Waals surface area (Å²) < 4.78 is 31.4. The van der Waals surface area contributed by atoms with Crippen molar-refractivity contribution in [3.63, 3.8) is 0 Å². The van der Waals surface area contributed by atoms with Gasteiger partial charge in [0.1, 0.15) is 12.0 Å². The lowest BCUT2D eigenvalue weighted by Crippen LogP contribution is -2.05. The average Bonchev–Trinajstić information content (AvgIpc) is 2.42. The predicted molar refractivity (Wildman–Crippen MR) is 69.3 cm³/mol. The van der Waals surface area contributed by atoms with Crippen molar-refractivity contribution in [1.29, 1.82) is 0 Å². The number of aromatic nitrogens is 2. The number of anilines is 1. The average molecular weight is 296 g/mol. The number of nitrogens with zero attached hydrogens (tertiary/aromatic N) is 3. The maximum atomic E-state index is 13.5. The van der Waals surface area contributed by atoms with Gasteiger partial charge in [-0.1, -0.05) is 0 Å². The summed E-state index contributed by atoms with van der Waals surface area (Å²) in [7, 11) is 0. The van der Waals surface area contributed by atoms with Crippen LogP contribution >= 0.6 is 0 Å². The monoisotopic (exact) mass is 296 g/mol. The van der Waals surface area contributed by atoms with Gasteiger partial charge in [0.15, 0.2) is 11.6 Å². The van der Waals surface area contributed by atoms with E-state index < -0.39 is 28.1 Å². The summed E-state index contributed by atoms with van der Waals surface area (Å²) in [5.74, 6) is -2.49. The van der Waals surface area contributed by atoms with Gasteiger partial charge >= 0.3 is 11.6 Å². The van der Waals surface area contributed by atoms with E-state index in [1.54, 1.807) is 6.92 Å². The first-order valence-electron chi connectivity index (χ1n) is 5.89. The first-order valence-corrected chi connectivity index (χ1v) is 5.89. The van der Waals surface area contributed by atoms with Crippen LogP contribution in [-0.2, 0) is 0 Å². The molecule has 0 saturated carbocycles. The topological polar surface area (TPSA) is 90.2 Å². The third kappa shape index (κ3) is 3.38. The largest absolute Gasteiger partial charge is 0.430 e. The fraction of sp³-hybridized carbons (Fsp3) is 0.167. The molecule has 21 heavy (non-hydrogen) atoms. The van der Waals surface area contributed by atoms with Gasteiger partial charge in [0.2, 0.25) is 5.95 Å². The molecule has 1 N–H and O–H groups in total. The molecule has 0 aliphatic rings. The Morgan fingerprint density at radius 1 is 1.43 bits per heavy atom. The van der Waals surface area contributed by atoms with Crippen molar-refractivity contribution in [2.45, 2.75) is 6.92 Å². The fourth-order valence-electron chi connectivity index (χ4n) is 1.47. The van der Waals surface area contributed by atoms with Crippen LogP contribution in [0.1, 0.15) is 6.92 Å². The first kappa shape index (κ1) is 14.6. The minimum absolute atomic E-state index is 0.0978. The van der Waals surface area contributed by atoms with E-state index in [2.05, 4.69) is 15.3 Å². The van der Waals surface area contributed by atoms with Gasteiger partial charge < -0.3 is 10.1 Å². The van der Waals surface area contributed by atoms with Crippen molar-refractivity contribution in [3.8, 4) is 11.6 Å². The van der Waals surface area contributed by atoms with E-state index in [-0.39, 0.29) is 11.7 Å². The van der Waals surface area contributed by atoms with Crippen LogP contribution < -0.4 is 10.1 Å². The second-order valence-electron chi connectivity index (χ2n) is 3.85. The smallest absolute Gasteiger partial charge is 0.349 e. The maximum Gasteiger partial charge on any atom is 0.349 e. The van der Waals surface area contributed by atoms with E-state index >= 15 is 0 Å². The van der Waals surface area contributed by atoms with Crippen LogP contribution in [0.5, 0.6) is 11.6 Å². The van der Waals surface area contributed by atoms with Crippen molar-refractivity contribution in [2.24, 2.45) is 0 Å². The molecular formula is C12H10F2N4O3. The molecule has 0 fully saturated rings. The molecule has 0 bridgehead atoms. The molecule has 2 rings (SSSR count). The maximum absolute atomic E-state index is 13.5. The zero-order chi connectivity index (χ0) is 15.4. The Morgan fingerprint density at radius 2 is 2.19 bits per heavy atom. The number of rotatable bonds is 5. The molecule has 7 nitrogen and oxygen atoms in total. The van der Waals surface area contributed by atoms with Crippen molar-refractivity contribution in [1.82, 2.24) is 9.97 Å². The summed E-state index contributed by atoms with van der Waals surface area (Å²) in [4.78, 5) is 17.7. The van der Waals surface area contributed by atoms with E-state index in [0.29, 0.717) is 12.6 Å². The molecule has 2 aromatic rings. The van der Waals surface area contributed by atoms with Crippen LogP contribution in [0.4, 0.5) is 20.4 Å². The predicted octanol–water partition coefficient (Wildman–Crippen LogP) is 2.89. The zero-order valence-electron chi connectivity index (χ0n) is 10.8. The van der Waals surface area contributed by atoms with Gasteiger partial charge in [-0.25, -0.2) is 13.8 Å². The molecule has 0 unspecified atom stereocenters. The first-order chi connectivity index (χ1) is 10.0. The molecule has 1 heterocycles. The van der Waals surface area contributed by atoms with E-state index in [1.807, 2.05) is 0 Å². The lowest BCUT2D eigenvalue weighted by atomic mass is 10.3. The number of ether oxygens (including phenoxy) is 1. The lowest BCUT2D eigenvalue weighted by molar-refractivity contribution is -0.386. The van der Waals surface area contributed by atoms with Gasteiger partial charge in [-0.15, -0.1) is 0 Å². The molecule has 0 atom stereocenters. The standard InChI is InChI=1S/C12H10F2N4O3/c1-2-15-12-16-6-9(18(19)20)11(17-12)21-10-4-3-7(13)5-8(10)14/h3-6H,2H2,1H3,(H,15,16,17). The molecule has 9 heteroatoms. The quantitative estimate of drug-likeness (QED) is 0.674. The number of benzene rings is 1. The number of hydrogen-bond acceptors (Lipinski definition) is 6. The summed E-state index contributed by atoms with van der Waals surface area (Å²) in [6.07, 6.45) is 0.946. The zero-order valence-corrected chi connectivity index (χ0v) is 10.8. The van der Waals surface area contributed by atoms with Crippen LogP contribution in [-0.4, -0.2) is 21.4 Å². The lowest BCUT2D eigenvalue weighted by Gasteiger charge is -2.08. The number of nitro groups is 1. The van der Waals surface area contributed by atoms with Crippen molar-refractivity contribution < 1.29 is 18.4 Å². The van der Waals surface area contributed by atoms with Crippen molar-refractivity contribution in [2.75, 3.05) is 11.9 Å². The van der Waals surface area contributed by atoms with E-state index in [9.17, 15) is 18.9 Å². The van der Waals surface area contributed by atoms with Crippen molar-refractivity contribution >= 4 is 11.6 Å². The fourth-order valence-corrected chi connectivity index (χ4v) is 1.47. The number of hydrogen-bond donors (Lipinski definition) is 1. The highest BCUT2D eigenvalue weighted by Gasteiger charge is 2.21. The highest BCUT2D eigenvalue weighted by Crippen LogP contribution is 2.31. The molecular weight excluding hydrogens is 286 g/mol. The molecule has 0 spiro atoms. The van der Waals surface area contributed by atoms with Gasteiger partial charge in [0.25, 0.3) is 0 Å². The van der Waals surface area contributed by atoms with Crippen LogP contribution in [0.25, 0.3) is 0 Å². The Balaban J connectivity index is 2.40. The Hall–Kier alpha value is -2.84. The second kappa shape index (κ2) is 6.07. The Kier molecular flexibility index (Phi) is 4.21. The molecule has 0 aliphatic heterocycles. The molecule has 0 saturated heterocycles. The molecule has 1 aromatic heterocycles. The van der Waals surface area contributed by atoms with Gasteiger partial charge in [0, 0.05) is 12.6 Å². The third-order valence-electron chi connectivity index (χ3n) is 2.37. The highest BCUT2D eigenvalue weighted by molar-refractivity contribution is 5.45. The van der Waals surface area contributed by atoms with Crippen LogP contribution in [0.3, 0.4) is 0 Å². The summed E-state index contributed by atoms with van der Waals surface area (Å²) in [6, 6.07) is 2.59. The summed E-state index contributed by atoms with van der Waals surface area (Å²) in [5.41, 5.74) is -0.527. The molecule has 0 radical (unpaired) electrons. The van der Waals surface area contributed by atoms with Crippen molar-refractivity contribution in [3.05, 3.63) is 46.1 Å². The van der Waals surface area contributed by atoms with Gasteiger partial charge in [-0.3, -0.25) is 10.1 Å². The minimum Gasteiger partial charge on any atom is -0.430 e. The number of halogens is 2. The van der Waals surface area contributed by atoms with E-state index in [4.69, 9.17) is 4.74 Å². The van der Waals surface area contributed by atoms with Gasteiger partial charge in [-0.05, 0) is 19.1 Å². The Bertz CT molecular complexity index is 682. The normalized spacial score (nSPS) is 10.2. The molecule has 1 aromatic carbocycles. The highest BCUT2D eigenvalue weighted by atomic mass is 19.1. The molecule has 110 valence electrons. The molecule has 0 amide bonds. The van der Waals surface area contributed by atoms with E-state index in [0.717, 1.165) is 18.3 Å². The molecule has 0 aliphatic carbocycles. The Morgan fingerprint density at radius 3 is 2.81 bits per heavy atom. The van der Waals surface area contributed by atoms with Gasteiger partial charge in [-0.2, -0.15) is 4.98 Å². The van der Waals surface area contributed by atoms with E-state index in [1.165, 1.54) is 0 Å². The summed E-state index contributed by atoms with van der Waals surface area (Å²) in [5, 5.41) is 13.6. The SMILES string of the molecule is CCNc1ncc([N+](=O)[O-])c(Oc2ccc(F)cc2F)n1. The van der Waals surface area contributed by atoms with Crippen LogP contribution in [0, 0.1) is 21.7 Å². The van der Waals surface area contributed by atoms with Crippen LogP contribution in [0.2, 0.25) is 0 Å². The second-order valence-corrected chi connectivity index (χ2v) is 3.85. The van der Waals surface area contributed by atoms with Gasteiger partial charge in [0.05, 0.1) is 4.92 Å². The Labute approximate surface area is 117 Å².